The molecule has 100 valence electrons. The number of aromatic nitrogens is 2. The van der Waals surface area contributed by atoms with Gasteiger partial charge in [0, 0.05) is 0 Å². The van der Waals surface area contributed by atoms with Crippen molar-refractivity contribution in [2.24, 2.45) is 0 Å². The third-order valence-corrected chi connectivity index (χ3v) is 2.25. The number of fused-ring (bicyclic) bond motifs is 2. The molecule has 3 aromatic rings. The SMILES string of the molecule is O=S(=O)(O)O.[H-].[K+].c1ccc2nc3ccccc3nc2c1. The largest absolute Gasteiger partial charge is 1.00 e. The third kappa shape index (κ3) is 5.50. The van der Waals surface area contributed by atoms with Crippen LogP contribution in [0, 0.1) is 0 Å². The molecule has 0 fully saturated rings. The second kappa shape index (κ2) is 7.52. The molecule has 1 aromatic heterocycles. The average molecular weight is 318 g/mol. The van der Waals surface area contributed by atoms with Gasteiger partial charge in [-0.3, -0.25) is 9.11 Å². The molecule has 0 unspecified atom stereocenters. The fourth-order valence-electron chi connectivity index (χ4n) is 1.57. The summed E-state index contributed by atoms with van der Waals surface area (Å²) in [6.07, 6.45) is 0. The van der Waals surface area contributed by atoms with E-state index in [1.165, 1.54) is 0 Å². The summed E-state index contributed by atoms with van der Waals surface area (Å²) in [4.78, 5) is 9.03. The van der Waals surface area contributed by atoms with E-state index < -0.39 is 10.4 Å². The van der Waals surface area contributed by atoms with Crippen molar-refractivity contribution in [1.82, 2.24) is 9.97 Å². The van der Waals surface area contributed by atoms with Gasteiger partial charge in [-0.25, -0.2) is 9.97 Å². The molecule has 0 spiro atoms. The van der Waals surface area contributed by atoms with Crippen LogP contribution < -0.4 is 51.4 Å². The molecule has 0 aliphatic carbocycles. The number of rotatable bonds is 0. The smallest absolute Gasteiger partial charge is 1.00 e. The first kappa shape index (κ1) is 17.6. The molecule has 2 N–H and O–H groups in total. The summed E-state index contributed by atoms with van der Waals surface area (Å²) in [6, 6.07) is 15.8. The van der Waals surface area contributed by atoms with Crippen molar-refractivity contribution in [3.8, 4) is 0 Å². The first-order valence-corrected chi connectivity index (χ1v) is 6.64. The molecule has 6 nitrogen and oxygen atoms in total. The van der Waals surface area contributed by atoms with Crippen molar-refractivity contribution >= 4 is 32.5 Å². The Morgan fingerprint density at radius 1 is 0.750 bits per heavy atom. The van der Waals surface area contributed by atoms with Crippen LogP contribution in [0.3, 0.4) is 0 Å². The topological polar surface area (TPSA) is 100 Å². The van der Waals surface area contributed by atoms with Crippen molar-refractivity contribution in [1.29, 1.82) is 0 Å². The van der Waals surface area contributed by atoms with Crippen LogP contribution in [-0.4, -0.2) is 27.5 Å². The van der Waals surface area contributed by atoms with Crippen molar-refractivity contribution in [2.45, 2.75) is 0 Å². The molecule has 1 heterocycles. The number of nitrogens with zero attached hydrogens (tertiary/aromatic N) is 2. The quantitative estimate of drug-likeness (QED) is 0.321. The van der Waals surface area contributed by atoms with E-state index in [1.807, 2.05) is 48.5 Å². The van der Waals surface area contributed by atoms with E-state index in [4.69, 9.17) is 17.5 Å². The molecule has 0 aliphatic heterocycles. The fourth-order valence-corrected chi connectivity index (χ4v) is 1.57. The Hall–Kier alpha value is -0.454. The van der Waals surface area contributed by atoms with Crippen molar-refractivity contribution in [3.05, 3.63) is 48.5 Å². The molecule has 2 aromatic carbocycles. The zero-order valence-corrected chi connectivity index (χ0v) is 14.6. The third-order valence-electron chi connectivity index (χ3n) is 2.25. The molecule has 0 radical (unpaired) electrons. The standard InChI is InChI=1S/C12H8N2.K.H2O4S.H/c1-2-6-10-9(5-1)13-11-7-3-4-8-12(11)14-10;;1-5(2,3)4;/h1-8H;;(H2,1,2,3,4);/q;+1;;-1. The second-order valence-electron chi connectivity index (χ2n) is 3.65. The Morgan fingerprint density at radius 2 is 0.950 bits per heavy atom. The van der Waals surface area contributed by atoms with Gasteiger partial charge in [0.25, 0.3) is 0 Å². The molecule has 20 heavy (non-hydrogen) atoms. The monoisotopic (exact) mass is 318 g/mol. The van der Waals surface area contributed by atoms with E-state index in [-0.39, 0.29) is 52.8 Å². The van der Waals surface area contributed by atoms with Crippen LogP contribution in [0.25, 0.3) is 22.1 Å². The normalized spacial score (nSPS) is 10.5. The van der Waals surface area contributed by atoms with Crippen molar-refractivity contribution < 1.29 is 70.3 Å². The van der Waals surface area contributed by atoms with Gasteiger partial charge in [0.15, 0.2) is 0 Å². The minimum absolute atomic E-state index is 0. The first-order valence-electron chi connectivity index (χ1n) is 5.25. The van der Waals surface area contributed by atoms with Crippen LogP contribution in [-0.2, 0) is 10.4 Å². The zero-order chi connectivity index (χ0) is 13.9. The molecule has 8 heteroatoms. The van der Waals surface area contributed by atoms with Gasteiger partial charge in [-0.05, 0) is 24.3 Å². The van der Waals surface area contributed by atoms with Crippen LogP contribution in [0.2, 0.25) is 0 Å². The Bertz CT molecular complexity index is 716. The number of hydrogen-bond donors (Lipinski definition) is 2. The summed E-state index contributed by atoms with van der Waals surface area (Å²) in [5, 5.41) is 0. The maximum Gasteiger partial charge on any atom is 1.00 e. The summed E-state index contributed by atoms with van der Waals surface area (Å²) in [7, 11) is -4.67. The van der Waals surface area contributed by atoms with Crippen LogP contribution >= 0.6 is 0 Å². The van der Waals surface area contributed by atoms with Crippen LogP contribution in [0.15, 0.2) is 48.5 Å². The molecular formula is C12H11KN2O4S. The van der Waals surface area contributed by atoms with Gasteiger partial charge in [-0.1, -0.05) is 24.3 Å². The summed E-state index contributed by atoms with van der Waals surface area (Å²) < 4.78 is 31.6. The maximum absolute atomic E-state index is 8.74. The molecule has 0 bridgehead atoms. The summed E-state index contributed by atoms with van der Waals surface area (Å²) >= 11 is 0. The van der Waals surface area contributed by atoms with Gasteiger partial charge in [-0.15, -0.1) is 0 Å². The minimum Gasteiger partial charge on any atom is -1.00 e. The van der Waals surface area contributed by atoms with Crippen LogP contribution in [0.1, 0.15) is 1.43 Å². The number of hydrogen-bond acceptors (Lipinski definition) is 4. The fraction of sp³-hybridized carbons (Fsp3) is 0. The van der Waals surface area contributed by atoms with Gasteiger partial charge in [0.1, 0.15) is 0 Å². The predicted octanol–water partition coefficient (Wildman–Crippen LogP) is -0.753. The molecule has 0 saturated heterocycles. The maximum atomic E-state index is 8.74. The molecule has 0 atom stereocenters. The summed E-state index contributed by atoms with van der Waals surface area (Å²) in [6.45, 7) is 0. The van der Waals surface area contributed by atoms with Crippen LogP contribution in [0.4, 0.5) is 0 Å². The Kier molecular flexibility index (Phi) is 6.62. The van der Waals surface area contributed by atoms with E-state index in [0.717, 1.165) is 22.1 Å². The van der Waals surface area contributed by atoms with Gasteiger partial charge >= 0.3 is 61.8 Å². The first-order chi connectivity index (χ1) is 8.93. The average Bonchev–Trinajstić information content (AvgIpc) is 2.34. The number of para-hydroxylation sites is 4. The van der Waals surface area contributed by atoms with Gasteiger partial charge < -0.3 is 1.43 Å². The second-order valence-corrected chi connectivity index (χ2v) is 4.54. The van der Waals surface area contributed by atoms with E-state index >= 15 is 0 Å². The summed E-state index contributed by atoms with van der Waals surface area (Å²) in [5.41, 5.74) is 3.80. The van der Waals surface area contributed by atoms with E-state index in [0.29, 0.717) is 0 Å². The molecular weight excluding hydrogens is 307 g/mol. The van der Waals surface area contributed by atoms with E-state index in [2.05, 4.69) is 9.97 Å². The van der Waals surface area contributed by atoms with E-state index in [9.17, 15) is 0 Å². The van der Waals surface area contributed by atoms with Gasteiger partial charge in [-0.2, -0.15) is 8.42 Å². The Labute approximate surface area is 159 Å². The predicted molar refractivity (Wildman–Crippen MR) is 72.3 cm³/mol. The molecule has 0 saturated carbocycles. The minimum atomic E-state index is -4.67. The molecule has 0 aliphatic rings. The van der Waals surface area contributed by atoms with E-state index in [1.54, 1.807) is 0 Å². The molecule has 0 amide bonds. The molecule has 3 rings (SSSR count). The number of benzene rings is 2. The van der Waals surface area contributed by atoms with Crippen LogP contribution in [0.5, 0.6) is 0 Å². The Morgan fingerprint density at radius 3 is 1.15 bits per heavy atom. The van der Waals surface area contributed by atoms with Gasteiger partial charge in [0.2, 0.25) is 0 Å². The Balaban J connectivity index is 0.000000507. The van der Waals surface area contributed by atoms with Crippen molar-refractivity contribution in [3.63, 3.8) is 0 Å². The zero-order valence-electron chi connectivity index (χ0n) is 11.6. The van der Waals surface area contributed by atoms with Gasteiger partial charge in [0.05, 0.1) is 22.1 Å². The van der Waals surface area contributed by atoms with Crippen molar-refractivity contribution in [2.75, 3.05) is 0 Å². The summed E-state index contributed by atoms with van der Waals surface area (Å²) in [5.74, 6) is 0.